The van der Waals surface area contributed by atoms with Crippen molar-refractivity contribution in [2.45, 2.75) is 79.4 Å². The molecule has 0 spiro atoms. The zero-order chi connectivity index (χ0) is 17.1. The van der Waals surface area contributed by atoms with E-state index in [2.05, 4.69) is 73.6 Å². The summed E-state index contributed by atoms with van der Waals surface area (Å²) >= 11 is 0. The number of methoxy groups -OCH3 is 1. The Morgan fingerprint density at radius 1 is 1.05 bits per heavy atom. The summed E-state index contributed by atoms with van der Waals surface area (Å²) in [5, 5.41) is 0. The van der Waals surface area contributed by atoms with Crippen molar-refractivity contribution in [3.8, 4) is 5.75 Å². The molecule has 0 saturated carbocycles. The highest BCUT2D eigenvalue weighted by atomic mass is 16.7. The molecule has 0 amide bonds. The van der Waals surface area contributed by atoms with Gasteiger partial charge in [-0.2, -0.15) is 0 Å². The van der Waals surface area contributed by atoms with Crippen LogP contribution in [0.5, 0.6) is 5.75 Å². The number of hydrogen-bond donors (Lipinski definition) is 0. The second kappa shape index (κ2) is 7.04. The SMILES string of the molecule is CCC(C)c1ccc(C(C)(C)C)c(OC(OC)C(C)(C)C)c1. The zero-order valence-electron chi connectivity index (χ0n) is 15.9. The Hall–Kier alpha value is -1.02. The molecule has 2 atom stereocenters. The van der Waals surface area contributed by atoms with Gasteiger partial charge in [0.05, 0.1) is 0 Å². The summed E-state index contributed by atoms with van der Waals surface area (Å²) in [5.74, 6) is 1.49. The minimum atomic E-state index is -0.263. The molecule has 0 aromatic heterocycles. The first-order chi connectivity index (χ1) is 10.0. The highest BCUT2D eigenvalue weighted by molar-refractivity contribution is 5.42. The molecular formula is C20H34O2. The molecule has 0 aliphatic heterocycles. The molecule has 1 aromatic rings. The van der Waals surface area contributed by atoms with Gasteiger partial charge in [0.2, 0.25) is 6.29 Å². The summed E-state index contributed by atoms with van der Waals surface area (Å²) in [6, 6.07) is 6.65. The van der Waals surface area contributed by atoms with Crippen LogP contribution in [0.15, 0.2) is 18.2 Å². The summed E-state index contributed by atoms with van der Waals surface area (Å²) in [6.07, 6.45) is 0.863. The normalized spacial score (nSPS) is 15.5. The average Bonchev–Trinajstić information content (AvgIpc) is 2.41. The number of rotatable bonds is 5. The summed E-state index contributed by atoms with van der Waals surface area (Å²) in [5.41, 5.74) is 2.52. The van der Waals surface area contributed by atoms with Gasteiger partial charge in [-0.05, 0) is 34.9 Å². The van der Waals surface area contributed by atoms with Crippen LogP contribution in [0.3, 0.4) is 0 Å². The second-order valence-electron chi connectivity index (χ2n) is 8.37. The van der Waals surface area contributed by atoms with E-state index in [-0.39, 0.29) is 17.1 Å². The smallest absolute Gasteiger partial charge is 0.204 e. The van der Waals surface area contributed by atoms with E-state index < -0.39 is 0 Å². The Balaban J connectivity index is 3.28. The van der Waals surface area contributed by atoms with E-state index in [4.69, 9.17) is 9.47 Å². The van der Waals surface area contributed by atoms with E-state index >= 15 is 0 Å². The predicted molar refractivity (Wildman–Crippen MR) is 94.7 cm³/mol. The van der Waals surface area contributed by atoms with E-state index in [0.717, 1.165) is 12.2 Å². The Morgan fingerprint density at radius 3 is 2.05 bits per heavy atom. The van der Waals surface area contributed by atoms with Gasteiger partial charge in [-0.25, -0.2) is 0 Å². The fourth-order valence-corrected chi connectivity index (χ4v) is 2.49. The van der Waals surface area contributed by atoms with Crippen molar-refractivity contribution in [3.05, 3.63) is 29.3 Å². The van der Waals surface area contributed by atoms with Crippen molar-refractivity contribution < 1.29 is 9.47 Å². The summed E-state index contributed by atoms with van der Waals surface area (Å²) in [4.78, 5) is 0. The van der Waals surface area contributed by atoms with Crippen molar-refractivity contribution in [2.24, 2.45) is 5.41 Å². The highest BCUT2D eigenvalue weighted by Crippen LogP contribution is 2.36. The lowest BCUT2D eigenvalue weighted by molar-refractivity contribution is -0.121. The molecule has 0 radical (unpaired) electrons. The lowest BCUT2D eigenvalue weighted by Crippen LogP contribution is -2.34. The van der Waals surface area contributed by atoms with Gasteiger partial charge in [-0.1, -0.05) is 67.5 Å². The predicted octanol–water partition coefficient (Wildman–Crippen LogP) is 5.90. The molecule has 0 aliphatic carbocycles. The van der Waals surface area contributed by atoms with E-state index in [1.165, 1.54) is 11.1 Å². The third-order valence-electron chi connectivity index (χ3n) is 4.15. The zero-order valence-corrected chi connectivity index (χ0v) is 15.9. The van der Waals surface area contributed by atoms with Gasteiger partial charge in [0, 0.05) is 12.5 Å². The molecule has 0 fully saturated rings. The van der Waals surface area contributed by atoms with Crippen LogP contribution in [0.2, 0.25) is 0 Å². The first-order valence-electron chi connectivity index (χ1n) is 8.34. The Morgan fingerprint density at radius 2 is 1.64 bits per heavy atom. The molecule has 1 rings (SSSR count). The van der Waals surface area contributed by atoms with Crippen LogP contribution in [0.4, 0.5) is 0 Å². The van der Waals surface area contributed by atoms with E-state index in [1.807, 2.05) is 0 Å². The minimum absolute atomic E-state index is 0.0412. The molecule has 0 aliphatic rings. The number of hydrogen-bond acceptors (Lipinski definition) is 2. The molecule has 0 N–H and O–H groups in total. The lowest BCUT2D eigenvalue weighted by atomic mass is 9.84. The molecule has 0 heterocycles. The molecule has 2 nitrogen and oxygen atoms in total. The monoisotopic (exact) mass is 306 g/mol. The third kappa shape index (κ3) is 4.74. The van der Waals surface area contributed by atoms with Crippen molar-refractivity contribution in [1.29, 1.82) is 0 Å². The van der Waals surface area contributed by atoms with Gasteiger partial charge < -0.3 is 9.47 Å². The molecule has 22 heavy (non-hydrogen) atoms. The fraction of sp³-hybridized carbons (Fsp3) is 0.700. The topological polar surface area (TPSA) is 18.5 Å². The van der Waals surface area contributed by atoms with Crippen LogP contribution in [0.25, 0.3) is 0 Å². The molecule has 0 bridgehead atoms. The van der Waals surface area contributed by atoms with Gasteiger partial charge in [-0.3, -0.25) is 0 Å². The molecule has 1 aromatic carbocycles. The lowest BCUT2D eigenvalue weighted by Gasteiger charge is -2.32. The quantitative estimate of drug-likeness (QED) is 0.631. The number of ether oxygens (including phenoxy) is 2. The van der Waals surface area contributed by atoms with Crippen molar-refractivity contribution in [3.63, 3.8) is 0 Å². The van der Waals surface area contributed by atoms with Crippen LogP contribution in [0, 0.1) is 5.41 Å². The van der Waals surface area contributed by atoms with Gasteiger partial charge in [-0.15, -0.1) is 0 Å². The highest BCUT2D eigenvalue weighted by Gasteiger charge is 2.29. The first-order valence-corrected chi connectivity index (χ1v) is 8.34. The fourth-order valence-electron chi connectivity index (χ4n) is 2.49. The van der Waals surface area contributed by atoms with Crippen molar-refractivity contribution in [1.82, 2.24) is 0 Å². The molecule has 2 unspecified atom stereocenters. The summed E-state index contributed by atoms with van der Waals surface area (Å²) in [7, 11) is 1.71. The second-order valence-corrected chi connectivity index (χ2v) is 8.37. The molecule has 126 valence electrons. The van der Waals surface area contributed by atoms with Crippen LogP contribution >= 0.6 is 0 Å². The summed E-state index contributed by atoms with van der Waals surface area (Å²) < 4.78 is 11.9. The van der Waals surface area contributed by atoms with Gasteiger partial charge in [0.25, 0.3) is 0 Å². The van der Waals surface area contributed by atoms with Gasteiger partial charge >= 0.3 is 0 Å². The molecular weight excluding hydrogens is 272 g/mol. The maximum absolute atomic E-state index is 6.30. The maximum atomic E-state index is 6.30. The minimum Gasteiger partial charge on any atom is -0.464 e. The van der Waals surface area contributed by atoms with Gasteiger partial charge in [0.15, 0.2) is 0 Å². The van der Waals surface area contributed by atoms with Crippen molar-refractivity contribution >= 4 is 0 Å². The third-order valence-corrected chi connectivity index (χ3v) is 4.15. The largest absolute Gasteiger partial charge is 0.464 e. The van der Waals surface area contributed by atoms with E-state index in [1.54, 1.807) is 7.11 Å². The van der Waals surface area contributed by atoms with Crippen LogP contribution in [0.1, 0.15) is 78.9 Å². The van der Waals surface area contributed by atoms with Crippen LogP contribution in [-0.4, -0.2) is 13.4 Å². The number of benzene rings is 1. The average molecular weight is 306 g/mol. The maximum Gasteiger partial charge on any atom is 0.204 e. The molecule has 2 heteroatoms. The van der Waals surface area contributed by atoms with Crippen LogP contribution in [-0.2, 0) is 10.2 Å². The Labute approximate surface area is 137 Å². The first kappa shape index (κ1) is 19.0. The molecule has 0 saturated heterocycles. The standard InChI is InChI=1S/C20H34O2/c1-10-14(2)15-11-12-16(19(3,4)5)17(13-15)22-18(21-9)20(6,7)8/h11-14,18H,10H2,1-9H3. The van der Waals surface area contributed by atoms with Crippen molar-refractivity contribution in [2.75, 3.05) is 7.11 Å². The van der Waals surface area contributed by atoms with Gasteiger partial charge in [0.1, 0.15) is 5.75 Å². The van der Waals surface area contributed by atoms with E-state index in [9.17, 15) is 0 Å². The van der Waals surface area contributed by atoms with E-state index in [0.29, 0.717) is 5.92 Å². The van der Waals surface area contributed by atoms with Crippen LogP contribution < -0.4 is 4.74 Å². The Bertz CT molecular complexity index is 477. The summed E-state index contributed by atoms with van der Waals surface area (Å²) in [6.45, 7) is 17.5. The Kier molecular flexibility index (Phi) is 6.09.